The summed E-state index contributed by atoms with van der Waals surface area (Å²) in [5, 5.41) is 3.53. The van der Waals surface area contributed by atoms with E-state index in [1.165, 1.54) is 18.3 Å². The molecule has 1 aliphatic heterocycles. The number of imidazole rings is 1. The molecule has 0 aliphatic carbocycles. The van der Waals surface area contributed by atoms with E-state index in [-0.39, 0.29) is 30.4 Å². The first kappa shape index (κ1) is 23.5. The standard InChI is InChI=1S/C25H25ClN4O4/c1-16-4-6-17(7-5-16)12-27-24(33)25(2)14-29-15-28-20(23(32)34-3)21(29)22(31)30(25)13-18-8-10-19(26)11-9-18/h4-11,15H,12-14H2,1-3H3,(H,27,33). The zero-order valence-electron chi connectivity index (χ0n) is 19.2. The normalized spacial score (nSPS) is 17.3. The summed E-state index contributed by atoms with van der Waals surface area (Å²) >= 11 is 6.02. The minimum atomic E-state index is -1.23. The van der Waals surface area contributed by atoms with E-state index in [4.69, 9.17) is 16.3 Å². The molecule has 0 saturated heterocycles. The average Bonchev–Trinajstić information content (AvgIpc) is 3.25. The number of nitrogens with one attached hydrogen (secondary N) is 1. The highest BCUT2D eigenvalue weighted by atomic mass is 35.5. The lowest BCUT2D eigenvalue weighted by molar-refractivity contribution is -0.133. The lowest BCUT2D eigenvalue weighted by Crippen LogP contribution is -2.63. The van der Waals surface area contributed by atoms with Gasteiger partial charge in [-0.1, -0.05) is 53.6 Å². The number of nitrogens with zero attached hydrogens (tertiary/aromatic N) is 3. The fraction of sp³-hybridized carbons (Fsp3) is 0.280. The lowest BCUT2D eigenvalue weighted by Gasteiger charge is -2.43. The van der Waals surface area contributed by atoms with Crippen molar-refractivity contribution in [2.45, 2.75) is 39.0 Å². The summed E-state index contributed by atoms with van der Waals surface area (Å²) in [7, 11) is 1.23. The molecule has 34 heavy (non-hydrogen) atoms. The van der Waals surface area contributed by atoms with Crippen LogP contribution in [0, 0.1) is 6.92 Å². The van der Waals surface area contributed by atoms with Crippen LogP contribution in [-0.4, -0.2) is 44.9 Å². The van der Waals surface area contributed by atoms with Crippen molar-refractivity contribution in [3.05, 3.63) is 88.0 Å². The molecule has 2 amide bonds. The number of halogens is 1. The second-order valence-electron chi connectivity index (χ2n) is 8.52. The van der Waals surface area contributed by atoms with Crippen molar-refractivity contribution in [2.75, 3.05) is 7.11 Å². The third-order valence-electron chi connectivity index (χ3n) is 6.05. The molecule has 2 aromatic carbocycles. The van der Waals surface area contributed by atoms with Crippen LogP contribution in [0.4, 0.5) is 0 Å². The van der Waals surface area contributed by atoms with E-state index in [0.717, 1.165) is 16.7 Å². The zero-order valence-corrected chi connectivity index (χ0v) is 19.9. The van der Waals surface area contributed by atoms with Crippen molar-refractivity contribution in [3.63, 3.8) is 0 Å². The number of esters is 1. The van der Waals surface area contributed by atoms with Crippen LogP contribution in [0.15, 0.2) is 54.9 Å². The van der Waals surface area contributed by atoms with Crippen LogP contribution in [-0.2, 0) is 29.2 Å². The number of amides is 2. The van der Waals surface area contributed by atoms with Crippen LogP contribution >= 0.6 is 11.6 Å². The van der Waals surface area contributed by atoms with Gasteiger partial charge in [0.2, 0.25) is 5.91 Å². The SMILES string of the molecule is COC(=O)c1ncn2c1C(=O)N(Cc1ccc(Cl)cc1)C(C)(C(=O)NCc1ccc(C)cc1)C2. The Bertz CT molecular complexity index is 1240. The van der Waals surface area contributed by atoms with Crippen molar-refractivity contribution in [1.29, 1.82) is 0 Å². The molecule has 1 aliphatic rings. The van der Waals surface area contributed by atoms with Crippen LogP contribution in [0.2, 0.25) is 5.02 Å². The number of aryl methyl sites for hydroxylation is 1. The Morgan fingerprint density at radius 3 is 2.41 bits per heavy atom. The van der Waals surface area contributed by atoms with E-state index in [2.05, 4.69) is 10.3 Å². The Hall–Kier alpha value is -3.65. The van der Waals surface area contributed by atoms with Crippen molar-refractivity contribution < 1.29 is 19.1 Å². The number of rotatable bonds is 6. The third kappa shape index (κ3) is 4.41. The molecule has 0 radical (unpaired) electrons. The molecule has 1 unspecified atom stereocenters. The zero-order chi connectivity index (χ0) is 24.5. The molecule has 9 heteroatoms. The first-order chi connectivity index (χ1) is 16.2. The quantitative estimate of drug-likeness (QED) is 0.546. The van der Waals surface area contributed by atoms with E-state index in [1.807, 2.05) is 31.2 Å². The molecule has 2 heterocycles. The molecule has 4 rings (SSSR count). The van der Waals surface area contributed by atoms with Gasteiger partial charge in [-0.15, -0.1) is 0 Å². The maximum absolute atomic E-state index is 13.7. The number of hydrogen-bond donors (Lipinski definition) is 1. The summed E-state index contributed by atoms with van der Waals surface area (Å²) in [6.07, 6.45) is 1.39. The van der Waals surface area contributed by atoms with Gasteiger partial charge in [-0.25, -0.2) is 9.78 Å². The summed E-state index contributed by atoms with van der Waals surface area (Å²) in [6, 6.07) is 14.9. The van der Waals surface area contributed by atoms with Gasteiger partial charge in [0.1, 0.15) is 11.2 Å². The predicted octanol–water partition coefficient (Wildman–Crippen LogP) is 3.36. The number of carbonyl (C=O) groups excluding carboxylic acids is 3. The number of methoxy groups -OCH3 is 1. The molecule has 1 atom stereocenters. The van der Waals surface area contributed by atoms with Gasteiger partial charge >= 0.3 is 5.97 Å². The highest BCUT2D eigenvalue weighted by Crippen LogP contribution is 2.31. The monoisotopic (exact) mass is 480 g/mol. The van der Waals surface area contributed by atoms with E-state index < -0.39 is 17.4 Å². The second kappa shape index (κ2) is 9.30. The fourth-order valence-corrected chi connectivity index (χ4v) is 4.16. The van der Waals surface area contributed by atoms with Gasteiger partial charge in [0.25, 0.3) is 5.91 Å². The van der Waals surface area contributed by atoms with Gasteiger partial charge in [-0.05, 0) is 37.1 Å². The second-order valence-corrected chi connectivity index (χ2v) is 8.96. The van der Waals surface area contributed by atoms with Gasteiger partial charge in [0.05, 0.1) is 20.0 Å². The van der Waals surface area contributed by atoms with Crippen LogP contribution in [0.1, 0.15) is 44.6 Å². The van der Waals surface area contributed by atoms with Gasteiger partial charge in [-0.3, -0.25) is 9.59 Å². The van der Waals surface area contributed by atoms with Crippen molar-refractivity contribution in [2.24, 2.45) is 0 Å². The number of hydrogen-bond acceptors (Lipinski definition) is 5. The van der Waals surface area contributed by atoms with Gasteiger partial charge in [0.15, 0.2) is 5.69 Å². The van der Waals surface area contributed by atoms with Gasteiger partial charge in [0, 0.05) is 18.1 Å². The molecule has 0 saturated carbocycles. The van der Waals surface area contributed by atoms with Gasteiger partial charge < -0.3 is 19.5 Å². The van der Waals surface area contributed by atoms with Crippen molar-refractivity contribution in [3.8, 4) is 0 Å². The van der Waals surface area contributed by atoms with Gasteiger partial charge in [-0.2, -0.15) is 0 Å². The Labute approximate surface area is 202 Å². The number of ether oxygens (including phenoxy) is 1. The van der Waals surface area contributed by atoms with E-state index in [9.17, 15) is 14.4 Å². The summed E-state index contributed by atoms with van der Waals surface area (Å²) in [4.78, 5) is 45.0. The molecule has 176 valence electrons. The van der Waals surface area contributed by atoms with Crippen LogP contribution in [0.25, 0.3) is 0 Å². The highest BCUT2D eigenvalue weighted by Gasteiger charge is 2.48. The van der Waals surface area contributed by atoms with Crippen LogP contribution < -0.4 is 5.32 Å². The number of carbonyl (C=O) groups is 3. The topological polar surface area (TPSA) is 93.5 Å². The molecule has 1 N–H and O–H groups in total. The van der Waals surface area contributed by atoms with E-state index in [1.54, 1.807) is 35.8 Å². The average molecular weight is 481 g/mol. The lowest BCUT2D eigenvalue weighted by atomic mass is 9.93. The summed E-state index contributed by atoms with van der Waals surface area (Å²) in [6.45, 7) is 4.31. The molecule has 8 nitrogen and oxygen atoms in total. The minimum Gasteiger partial charge on any atom is -0.464 e. The third-order valence-corrected chi connectivity index (χ3v) is 6.31. The number of benzene rings is 2. The number of fused-ring (bicyclic) bond motifs is 1. The smallest absolute Gasteiger partial charge is 0.359 e. The molecule has 0 bridgehead atoms. The maximum Gasteiger partial charge on any atom is 0.359 e. The molecular weight excluding hydrogens is 456 g/mol. The van der Waals surface area contributed by atoms with Crippen molar-refractivity contribution >= 4 is 29.4 Å². The van der Waals surface area contributed by atoms with E-state index >= 15 is 0 Å². The first-order valence-electron chi connectivity index (χ1n) is 10.8. The summed E-state index contributed by atoms with van der Waals surface area (Å²) in [5.74, 6) is -1.50. The number of aromatic nitrogens is 2. The maximum atomic E-state index is 13.7. The van der Waals surface area contributed by atoms with Crippen LogP contribution in [0.3, 0.4) is 0 Å². The minimum absolute atomic E-state index is 0.0734. The molecule has 0 fully saturated rings. The first-order valence-corrected chi connectivity index (χ1v) is 11.1. The summed E-state index contributed by atoms with van der Waals surface area (Å²) < 4.78 is 6.33. The van der Waals surface area contributed by atoms with Crippen LogP contribution in [0.5, 0.6) is 0 Å². The Balaban J connectivity index is 1.68. The molecule has 1 aromatic heterocycles. The summed E-state index contributed by atoms with van der Waals surface area (Å²) in [5.41, 5.74) is 1.67. The van der Waals surface area contributed by atoms with E-state index in [0.29, 0.717) is 11.6 Å². The molecular formula is C25H25ClN4O4. The molecule has 3 aromatic rings. The Morgan fingerprint density at radius 1 is 1.12 bits per heavy atom. The molecule has 0 spiro atoms. The Kier molecular flexibility index (Phi) is 6.43. The largest absolute Gasteiger partial charge is 0.464 e. The fourth-order valence-electron chi connectivity index (χ4n) is 4.03. The predicted molar refractivity (Wildman–Crippen MR) is 126 cm³/mol. The Morgan fingerprint density at radius 2 is 1.76 bits per heavy atom. The highest BCUT2D eigenvalue weighted by molar-refractivity contribution is 6.30. The van der Waals surface area contributed by atoms with Crippen molar-refractivity contribution in [1.82, 2.24) is 19.8 Å².